The number of alkyl halides is 3. The molecule has 0 aromatic heterocycles. The number of carboxylic acids is 1. The summed E-state index contributed by atoms with van der Waals surface area (Å²) in [5.41, 5.74) is -1.04. The molecule has 94 valence electrons. The summed E-state index contributed by atoms with van der Waals surface area (Å²) in [5, 5.41) is 17.1. The van der Waals surface area contributed by atoms with Crippen LogP contribution in [0.2, 0.25) is 0 Å². The molecule has 0 atom stereocenters. The molecule has 1 aromatic carbocycles. The first-order valence-electron chi connectivity index (χ1n) is 4.50. The van der Waals surface area contributed by atoms with E-state index >= 15 is 0 Å². The molecule has 17 heavy (non-hydrogen) atoms. The molecule has 0 saturated carbocycles. The minimum absolute atomic E-state index is 0.0694. The number of aliphatic hydroxyl groups is 1. The SMILES string of the molecule is O=C(O)COc1ccc(CO)cc1C(F)(F)F. The van der Waals surface area contributed by atoms with Gasteiger partial charge < -0.3 is 14.9 Å². The highest BCUT2D eigenvalue weighted by Gasteiger charge is 2.34. The van der Waals surface area contributed by atoms with Crippen LogP contribution in [0, 0.1) is 0 Å². The number of carbonyl (C=O) groups is 1. The zero-order valence-electron chi connectivity index (χ0n) is 8.49. The second kappa shape index (κ2) is 5.05. The molecule has 0 bridgehead atoms. The van der Waals surface area contributed by atoms with E-state index in [-0.39, 0.29) is 5.56 Å². The largest absolute Gasteiger partial charge is 0.481 e. The summed E-state index contributed by atoms with van der Waals surface area (Å²) in [5.74, 6) is -1.94. The van der Waals surface area contributed by atoms with Crippen LogP contribution in [0.25, 0.3) is 0 Å². The topological polar surface area (TPSA) is 66.8 Å². The molecule has 0 radical (unpaired) electrons. The van der Waals surface area contributed by atoms with Gasteiger partial charge in [0.1, 0.15) is 5.75 Å². The Kier molecular flexibility index (Phi) is 3.95. The summed E-state index contributed by atoms with van der Waals surface area (Å²) in [4.78, 5) is 10.2. The van der Waals surface area contributed by atoms with E-state index in [1.165, 1.54) is 6.07 Å². The molecule has 0 spiro atoms. The first-order chi connectivity index (χ1) is 7.84. The summed E-state index contributed by atoms with van der Waals surface area (Å²) in [6, 6.07) is 2.93. The van der Waals surface area contributed by atoms with Crippen LogP contribution in [-0.2, 0) is 17.6 Å². The van der Waals surface area contributed by atoms with E-state index in [4.69, 9.17) is 10.2 Å². The van der Waals surface area contributed by atoms with Gasteiger partial charge in [-0.25, -0.2) is 4.79 Å². The van der Waals surface area contributed by atoms with Gasteiger partial charge in [0.2, 0.25) is 0 Å². The Morgan fingerprint density at radius 3 is 2.47 bits per heavy atom. The van der Waals surface area contributed by atoms with Crippen LogP contribution < -0.4 is 4.74 Å². The van der Waals surface area contributed by atoms with Crippen molar-refractivity contribution in [1.82, 2.24) is 0 Å². The average Bonchev–Trinajstić information content (AvgIpc) is 2.24. The molecule has 0 amide bonds. The molecule has 0 aliphatic rings. The van der Waals surface area contributed by atoms with Crippen molar-refractivity contribution in [2.75, 3.05) is 6.61 Å². The van der Waals surface area contributed by atoms with Crippen molar-refractivity contribution in [2.24, 2.45) is 0 Å². The number of aliphatic carboxylic acids is 1. The third kappa shape index (κ3) is 3.63. The van der Waals surface area contributed by atoms with E-state index in [1.807, 2.05) is 0 Å². The monoisotopic (exact) mass is 250 g/mol. The van der Waals surface area contributed by atoms with Crippen LogP contribution in [-0.4, -0.2) is 22.8 Å². The third-order valence-corrected chi connectivity index (χ3v) is 1.88. The molecule has 2 N–H and O–H groups in total. The Hall–Kier alpha value is -1.76. The van der Waals surface area contributed by atoms with Crippen molar-refractivity contribution in [1.29, 1.82) is 0 Å². The lowest BCUT2D eigenvalue weighted by molar-refractivity contribution is -0.143. The lowest BCUT2D eigenvalue weighted by Gasteiger charge is -2.13. The number of halogens is 3. The van der Waals surface area contributed by atoms with Gasteiger partial charge >= 0.3 is 12.1 Å². The van der Waals surface area contributed by atoms with Crippen LogP contribution in [0.3, 0.4) is 0 Å². The van der Waals surface area contributed by atoms with Gasteiger partial charge in [-0.05, 0) is 17.7 Å². The van der Waals surface area contributed by atoms with Gasteiger partial charge in [-0.3, -0.25) is 0 Å². The van der Waals surface area contributed by atoms with E-state index in [9.17, 15) is 18.0 Å². The second-order valence-corrected chi connectivity index (χ2v) is 3.17. The second-order valence-electron chi connectivity index (χ2n) is 3.17. The van der Waals surface area contributed by atoms with Gasteiger partial charge in [0.25, 0.3) is 0 Å². The van der Waals surface area contributed by atoms with Gasteiger partial charge in [0.05, 0.1) is 12.2 Å². The lowest BCUT2D eigenvalue weighted by atomic mass is 10.1. The summed E-state index contributed by atoms with van der Waals surface area (Å²) < 4.78 is 42.3. The van der Waals surface area contributed by atoms with Crippen molar-refractivity contribution in [3.8, 4) is 5.75 Å². The summed E-state index contributed by atoms with van der Waals surface area (Å²) >= 11 is 0. The smallest absolute Gasteiger partial charge is 0.419 e. The molecule has 0 unspecified atom stereocenters. The maximum Gasteiger partial charge on any atom is 0.419 e. The maximum atomic E-state index is 12.6. The molecule has 0 aliphatic carbocycles. The van der Waals surface area contributed by atoms with E-state index < -0.39 is 36.7 Å². The molecule has 0 heterocycles. The highest BCUT2D eigenvalue weighted by molar-refractivity contribution is 5.68. The summed E-state index contributed by atoms with van der Waals surface area (Å²) in [7, 11) is 0. The number of hydrogen-bond acceptors (Lipinski definition) is 3. The molecule has 0 fully saturated rings. The molecule has 7 heteroatoms. The molecular weight excluding hydrogens is 241 g/mol. The number of hydrogen-bond donors (Lipinski definition) is 2. The van der Waals surface area contributed by atoms with Crippen molar-refractivity contribution in [2.45, 2.75) is 12.8 Å². The third-order valence-electron chi connectivity index (χ3n) is 1.88. The van der Waals surface area contributed by atoms with Crippen molar-refractivity contribution in [3.05, 3.63) is 29.3 Å². The van der Waals surface area contributed by atoms with E-state index in [0.29, 0.717) is 0 Å². The Morgan fingerprint density at radius 2 is 2.00 bits per heavy atom. The van der Waals surface area contributed by atoms with Gasteiger partial charge in [-0.1, -0.05) is 6.07 Å². The Balaban J connectivity index is 3.07. The maximum absolute atomic E-state index is 12.6. The highest BCUT2D eigenvalue weighted by atomic mass is 19.4. The molecule has 1 rings (SSSR count). The van der Waals surface area contributed by atoms with Gasteiger partial charge in [0.15, 0.2) is 6.61 Å². The highest BCUT2D eigenvalue weighted by Crippen LogP contribution is 2.36. The van der Waals surface area contributed by atoms with E-state index in [0.717, 1.165) is 12.1 Å². The van der Waals surface area contributed by atoms with Gasteiger partial charge in [-0.15, -0.1) is 0 Å². The predicted octanol–water partition coefficient (Wildman–Crippen LogP) is 1.66. The predicted molar refractivity (Wildman–Crippen MR) is 50.5 cm³/mol. The molecule has 0 saturated heterocycles. The fraction of sp³-hybridized carbons (Fsp3) is 0.300. The van der Waals surface area contributed by atoms with Crippen LogP contribution >= 0.6 is 0 Å². The zero-order chi connectivity index (χ0) is 13.1. The minimum atomic E-state index is -4.67. The van der Waals surface area contributed by atoms with Gasteiger partial charge in [0, 0.05) is 0 Å². The van der Waals surface area contributed by atoms with Crippen molar-refractivity contribution < 1.29 is 32.9 Å². The normalized spacial score (nSPS) is 11.3. The van der Waals surface area contributed by atoms with Crippen LogP contribution in [0.15, 0.2) is 18.2 Å². The molecule has 0 aliphatic heterocycles. The number of rotatable bonds is 4. The summed E-state index contributed by atoms with van der Waals surface area (Å²) in [6.45, 7) is -1.40. The summed E-state index contributed by atoms with van der Waals surface area (Å²) in [6.07, 6.45) is -4.67. The van der Waals surface area contributed by atoms with Gasteiger partial charge in [-0.2, -0.15) is 13.2 Å². The Bertz CT molecular complexity index is 415. The average molecular weight is 250 g/mol. The molecule has 1 aromatic rings. The van der Waals surface area contributed by atoms with Crippen LogP contribution in [0.5, 0.6) is 5.75 Å². The fourth-order valence-corrected chi connectivity index (χ4v) is 1.16. The van der Waals surface area contributed by atoms with Crippen LogP contribution in [0.4, 0.5) is 13.2 Å². The first-order valence-corrected chi connectivity index (χ1v) is 4.50. The van der Waals surface area contributed by atoms with Crippen LogP contribution in [0.1, 0.15) is 11.1 Å². The number of carboxylic acid groups (broad SMARTS) is 1. The Morgan fingerprint density at radius 1 is 1.35 bits per heavy atom. The van der Waals surface area contributed by atoms with Crippen molar-refractivity contribution in [3.63, 3.8) is 0 Å². The zero-order valence-corrected chi connectivity index (χ0v) is 8.49. The van der Waals surface area contributed by atoms with Crippen molar-refractivity contribution >= 4 is 5.97 Å². The molecular formula is C10H9F3O4. The standard InChI is InChI=1S/C10H9F3O4/c11-10(12,13)7-3-6(4-14)1-2-8(7)17-5-9(15)16/h1-3,14H,4-5H2,(H,15,16). The number of ether oxygens (including phenoxy) is 1. The fourth-order valence-electron chi connectivity index (χ4n) is 1.16. The minimum Gasteiger partial charge on any atom is -0.481 e. The quantitative estimate of drug-likeness (QED) is 0.852. The van der Waals surface area contributed by atoms with E-state index in [2.05, 4.69) is 4.74 Å². The molecule has 4 nitrogen and oxygen atoms in total. The first kappa shape index (κ1) is 13.3. The number of aliphatic hydroxyl groups excluding tert-OH is 1. The van der Waals surface area contributed by atoms with E-state index in [1.54, 1.807) is 0 Å². The lowest BCUT2D eigenvalue weighted by Crippen LogP contribution is -2.14. The Labute approximate surface area is 94.3 Å². The number of benzene rings is 1.